The molecule has 0 nitrogen and oxygen atoms in total. The fourth-order valence-corrected chi connectivity index (χ4v) is 2.89. The SMILES string of the molecule is CCCC1(CC2(CF)CC2)C=CC=CC1. The highest BCUT2D eigenvalue weighted by atomic mass is 19.1. The van der Waals surface area contributed by atoms with E-state index in [1.807, 2.05) is 0 Å². The lowest BCUT2D eigenvalue weighted by molar-refractivity contribution is 0.209. The van der Waals surface area contributed by atoms with E-state index in [1.165, 1.54) is 12.8 Å². The molecule has 1 fully saturated rings. The first-order valence-corrected chi connectivity index (χ1v) is 6.15. The molecule has 0 aromatic rings. The number of hydrogen-bond donors (Lipinski definition) is 0. The van der Waals surface area contributed by atoms with Gasteiger partial charge in [0.05, 0.1) is 6.67 Å². The molecule has 0 aliphatic heterocycles. The van der Waals surface area contributed by atoms with E-state index in [-0.39, 0.29) is 17.5 Å². The van der Waals surface area contributed by atoms with Gasteiger partial charge in [-0.3, -0.25) is 4.39 Å². The third kappa shape index (κ3) is 2.32. The highest BCUT2D eigenvalue weighted by molar-refractivity contribution is 5.18. The predicted octanol–water partition coefficient (Wildman–Crippen LogP) is 4.43. The summed E-state index contributed by atoms with van der Waals surface area (Å²) in [6, 6.07) is 0. The molecule has 1 atom stereocenters. The molecule has 2 rings (SSSR count). The summed E-state index contributed by atoms with van der Waals surface area (Å²) in [4.78, 5) is 0. The summed E-state index contributed by atoms with van der Waals surface area (Å²) in [6.45, 7) is 2.11. The fraction of sp³-hybridized carbons (Fsp3) is 0.714. The fourth-order valence-electron chi connectivity index (χ4n) is 2.89. The Labute approximate surface area is 92.3 Å². The number of alkyl halides is 1. The summed E-state index contributed by atoms with van der Waals surface area (Å²) in [5.74, 6) is 0. The van der Waals surface area contributed by atoms with Gasteiger partial charge in [0.15, 0.2) is 0 Å². The van der Waals surface area contributed by atoms with Crippen molar-refractivity contribution >= 4 is 0 Å². The van der Waals surface area contributed by atoms with Crippen molar-refractivity contribution in [2.75, 3.05) is 6.67 Å². The van der Waals surface area contributed by atoms with E-state index >= 15 is 0 Å². The van der Waals surface area contributed by atoms with Gasteiger partial charge in [0, 0.05) is 0 Å². The van der Waals surface area contributed by atoms with Crippen LogP contribution in [0.25, 0.3) is 0 Å². The summed E-state index contributed by atoms with van der Waals surface area (Å²) in [5, 5.41) is 0. The minimum atomic E-state index is -0.115. The molecule has 84 valence electrons. The van der Waals surface area contributed by atoms with E-state index in [0.29, 0.717) is 0 Å². The van der Waals surface area contributed by atoms with Crippen LogP contribution in [0, 0.1) is 10.8 Å². The Morgan fingerprint density at radius 3 is 2.53 bits per heavy atom. The van der Waals surface area contributed by atoms with Gasteiger partial charge in [-0.05, 0) is 42.9 Å². The summed E-state index contributed by atoms with van der Waals surface area (Å²) >= 11 is 0. The molecule has 0 heterocycles. The standard InChI is InChI=1S/C14H21F/c1-2-6-13(7-4-3-5-8-13)11-14(12-15)9-10-14/h3-5,7H,2,6,8-12H2,1H3. The van der Waals surface area contributed by atoms with Crippen LogP contribution in [0.4, 0.5) is 4.39 Å². The van der Waals surface area contributed by atoms with Crippen molar-refractivity contribution in [1.29, 1.82) is 0 Å². The monoisotopic (exact) mass is 208 g/mol. The topological polar surface area (TPSA) is 0 Å². The Morgan fingerprint density at radius 1 is 1.27 bits per heavy atom. The summed E-state index contributed by atoms with van der Waals surface area (Å²) in [7, 11) is 0. The molecular weight excluding hydrogens is 187 g/mol. The van der Waals surface area contributed by atoms with Gasteiger partial charge in [-0.15, -0.1) is 0 Å². The maximum atomic E-state index is 13.0. The molecule has 2 aliphatic rings. The number of halogens is 1. The van der Waals surface area contributed by atoms with Crippen LogP contribution in [0.1, 0.15) is 45.4 Å². The molecule has 15 heavy (non-hydrogen) atoms. The van der Waals surface area contributed by atoms with Crippen molar-refractivity contribution in [2.45, 2.75) is 45.4 Å². The van der Waals surface area contributed by atoms with Crippen LogP contribution in [-0.4, -0.2) is 6.67 Å². The van der Waals surface area contributed by atoms with Gasteiger partial charge in [0.25, 0.3) is 0 Å². The van der Waals surface area contributed by atoms with Crippen LogP contribution in [0.5, 0.6) is 0 Å². The molecule has 1 unspecified atom stereocenters. The molecule has 0 spiro atoms. The second-order valence-corrected chi connectivity index (χ2v) is 5.41. The zero-order chi connectivity index (χ0) is 10.8. The van der Waals surface area contributed by atoms with Crippen LogP contribution in [0.15, 0.2) is 24.3 Å². The van der Waals surface area contributed by atoms with Gasteiger partial charge in [-0.2, -0.15) is 0 Å². The molecule has 0 bridgehead atoms. The second-order valence-electron chi connectivity index (χ2n) is 5.41. The highest BCUT2D eigenvalue weighted by Gasteiger charge is 2.47. The van der Waals surface area contributed by atoms with Crippen molar-refractivity contribution in [3.63, 3.8) is 0 Å². The molecule has 0 aromatic carbocycles. The minimum absolute atomic E-state index is 0.0602. The van der Waals surface area contributed by atoms with E-state index in [1.54, 1.807) is 0 Å². The van der Waals surface area contributed by atoms with Crippen molar-refractivity contribution in [3.05, 3.63) is 24.3 Å². The molecule has 1 saturated carbocycles. The largest absolute Gasteiger partial charge is 0.250 e. The number of allylic oxidation sites excluding steroid dienone is 4. The summed E-state index contributed by atoms with van der Waals surface area (Å²) < 4.78 is 13.0. The Kier molecular flexibility index (Phi) is 2.99. The summed E-state index contributed by atoms with van der Waals surface area (Å²) in [6.07, 6.45) is 15.6. The third-order valence-electron chi connectivity index (χ3n) is 3.94. The van der Waals surface area contributed by atoms with Gasteiger partial charge in [0.2, 0.25) is 0 Å². The zero-order valence-corrected chi connectivity index (χ0v) is 9.64. The lowest BCUT2D eigenvalue weighted by atomic mass is 9.71. The second kappa shape index (κ2) is 4.11. The maximum Gasteiger partial charge on any atom is 0.0950 e. The summed E-state index contributed by atoms with van der Waals surface area (Å²) in [5.41, 5.74) is 0.330. The van der Waals surface area contributed by atoms with Crippen LogP contribution >= 0.6 is 0 Å². The molecule has 0 aromatic heterocycles. The molecule has 0 amide bonds. The van der Waals surface area contributed by atoms with Crippen LogP contribution in [0.3, 0.4) is 0 Å². The molecular formula is C14H21F. The Balaban J connectivity index is 2.06. The quantitative estimate of drug-likeness (QED) is 0.627. The van der Waals surface area contributed by atoms with Gasteiger partial charge in [-0.25, -0.2) is 0 Å². The first kappa shape index (κ1) is 10.9. The van der Waals surface area contributed by atoms with Gasteiger partial charge >= 0.3 is 0 Å². The van der Waals surface area contributed by atoms with Crippen LogP contribution in [0.2, 0.25) is 0 Å². The Morgan fingerprint density at radius 2 is 2.07 bits per heavy atom. The van der Waals surface area contributed by atoms with Gasteiger partial charge < -0.3 is 0 Å². The molecule has 0 radical (unpaired) electrons. The maximum absolute atomic E-state index is 13.0. The Bertz CT molecular complexity index is 273. The molecule has 2 aliphatic carbocycles. The van der Waals surface area contributed by atoms with Crippen molar-refractivity contribution in [2.24, 2.45) is 10.8 Å². The molecule has 1 heteroatoms. The van der Waals surface area contributed by atoms with Crippen molar-refractivity contribution < 1.29 is 4.39 Å². The predicted molar refractivity (Wildman–Crippen MR) is 62.5 cm³/mol. The van der Waals surface area contributed by atoms with E-state index in [9.17, 15) is 4.39 Å². The van der Waals surface area contributed by atoms with Gasteiger partial charge in [-0.1, -0.05) is 37.6 Å². The van der Waals surface area contributed by atoms with Crippen LogP contribution in [-0.2, 0) is 0 Å². The van der Waals surface area contributed by atoms with Gasteiger partial charge in [0.1, 0.15) is 0 Å². The van der Waals surface area contributed by atoms with E-state index in [2.05, 4.69) is 31.2 Å². The minimum Gasteiger partial charge on any atom is -0.250 e. The van der Waals surface area contributed by atoms with Crippen LogP contribution < -0.4 is 0 Å². The normalized spacial score (nSPS) is 31.9. The smallest absolute Gasteiger partial charge is 0.0950 e. The van der Waals surface area contributed by atoms with E-state index < -0.39 is 0 Å². The first-order chi connectivity index (χ1) is 7.24. The first-order valence-electron chi connectivity index (χ1n) is 6.15. The lowest BCUT2D eigenvalue weighted by Gasteiger charge is -2.34. The van der Waals surface area contributed by atoms with E-state index in [4.69, 9.17) is 0 Å². The average Bonchev–Trinajstić information content (AvgIpc) is 3.00. The average molecular weight is 208 g/mol. The third-order valence-corrected chi connectivity index (χ3v) is 3.94. The number of hydrogen-bond acceptors (Lipinski definition) is 0. The Hall–Kier alpha value is -0.590. The highest BCUT2D eigenvalue weighted by Crippen LogP contribution is 2.56. The van der Waals surface area contributed by atoms with Crippen molar-refractivity contribution in [1.82, 2.24) is 0 Å². The lowest BCUT2D eigenvalue weighted by Crippen LogP contribution is -2.24. The zero-order valence-electron chi connectivity index (χ0n) is 9.64. The molecule has 0 saturated heterocycles. The molecule has 0 N–H and O–H groups in total. The van der Waals surface area contributed by atoms with Crippen molar-refractivity contribution in [3.8, 4) is 0 Å². The number of rotatable bonds is 5. The van der Waals surface area contributed by atoms with E-state index in [0.717, 1.165) is 25.7 Å².